The van der Waals surface area contributed by atoms with Crippen LogP contribution in [0.25, 0.3) is 11.0 Å². The fourth-order valence-electron chi connectivity index (χ4n) is 2.76. The first-order valence-electron chi connectivity index (χ1n) is 7.64. The van der Waals surface area contributed by atoms with Gasteiger partial charge in [0, 0.05) is 11.6 Å². The maximum absolute atomic E-state index is 6.34. The number of para-hydroxylation sites is 2. The highest BCUT2D eigenvalue weighted by Crippen LogP contribution is 2.23. The SMILES string of the molecule is CCC[C@H](N)c1nc2ccccc2n1Cc1ccc(Cl)cc1. The number of hydrogen-bond acceptors (Lipinski definition) is 2. The molecule has 3 nitrogen and oxygen atoms in total. The van der Waals surface area contributed by atoms with Gasteiger partial charge in [0.25, 0.3) is 0 Å². The summed E-state index contributed by atoms with van der Waals surface area (Å²) in [5.74, 6) is 0.956. The lowest BCUT2D eigenvalue weighted by Gasteiger charge is -2.14. The molecule has 0 fully saturated rings. The Balaban J connectivity index is 2.05. The second-order valence-corrected chi connectivity index (χ2v) is 6.00. The van der Waals surface area contributed by atoms with Crippen molar-refractivity contribution in [3.63, 3.8) is 0 Å². The summed E-state index contributed by atoms with van der Waals surface area (Å²) in [6, 6.07) is 16.1. The molecule has 0 aliphatic rings. The minimum atomic E-state index is -0.0373. The van der Waals surface area contributed by atoms with Gasteiger partial charge in [0.1, 0.15) is 5.82 Å². The number of fused-ring (bicyclic) bond motifs is 1. The minimum Gasteiger partial charge on any atom is -0.322 e. The van der Waals surface area contributed by atoms with Crippen molar-refractivity contribution < 1.29 is 0 Å². The predicted molar refractivity (Wildman–Crippen MR) is 92.1 cm³/mol. The molecule has 0 amide bonds. The molecule has 114 valence electrons. The van der Waals surface area contributed by atoms with Crippen LogP contribution < -0.4 is 5.73 Å². The maximum Gasteiger partial charge on any atom is 0.127 e. The average Bonchev–Trinajstić information content (AvgIpc) is 2.89. The first-order chi connectivity index (χ1) is 10.7. The van der Waals surface area contributed by atoms with Gasteiger partial charge in [-0.05, 0) is 36.2 Å². The number of aromatic nitrogens is 2. The molecule has 1 atom stereocenters. The van der Waals surface area contributed by atoms with Crippen LogP contribution in [-0.2, 0) is 6.54 Å². The van der Waals surface area contributed by atoms with Crippen molar-refractivity contribution in [1.82, 2.24) is 9.55 Å². The highest BCUT2D eigenvalue weighted by Gasteiger charge is 2.16. The van der Waals surface area contributed by atoms with E-state index in [1.165, 1.54) is 5.56 Å². The lowest BCUT2D eigenvalue weighted by Crippen LogP contribution is -2.17. The summed E-state index contributed by atoms with van der Waals surface area (Å²) >= 11 is 5.97. The second kappa shape index (κ2) is 6.51. The quantitative estimate of drug-likeness (QED) is 0.751. The zero-order chi connectivity index (χ0) is 15.5. The highest BCUT2D eigenvalue weighted by atomic mass is 35.5. The van der Waals surface area contributed by atoms with Crippen molar-refractivity contribution in [3.8, 4) is 0 Å². The number of benzene rings is 2. The van der Waals surface area contributed by atoms with Crippen LogP contribution in [0.2, 0.25) is 5.02 Å². The topological polar surface area (TPSA) is 43.8 Å². The first kappa shape index (κ1) is 15.1. The van der Waals surface area contributed by atoms with Crippen LogP contribution in [-0.4, -0.2) is 9.55 Å². The van der Waals surface area contributed by atoms with Crippen molar-refractivity contribution in [1.29, 1.82) is 0 Å². The van der Waals surface area contributed by atoms with E-state index in [4.69, 9.17) is 22.3 Å². The van der Waals surface area contributed by atoms with E-state index in [1.807, 2.05) is 42.5 Å². The Labute approximate surface area is 135 Å². The number of rotatable bonds is 5. The summed E-state index contributed by atoms with van der Waals surface area (Å²) in [5.41, 5.74) is 9.66. The van der Waals surface area contributed by atoms with Crippen molar-refractivity contribution in [2.75, 3.05) is 0 Å². The Morgan fingerprint density at radius 2 is 1.86 bits per heavy atom. The van der Waals surface area contributed by atoms with Crippen LogP contribution in [0.15, 0.2) is 48.5 Å². The van der Waals surface area contributed by atoms with E-state index in [1.54, 1.807) is 0 Å². The third kappa shape index (κ3) is 3.01. The van der Waals surface area contributed by atoms with Gasteiger partial charge in [-0.1, -0.05) is 49.2 Å². The van der Waals surface area contributed by atoms with E-state index in [0.29, 0.717) is 0 Å². The number of nitrogens with zero attached hydrogens (tertiary/aromatic N) is 2. The van der Waals surface area contributed by atoms with Crippen LogP contribution in [0.5, 0.6) is 0 Å². The van der Waals surface area contributed by atoms with Crippen LogP contribution in [0.1, 0.15) is 37.2 Å². The number of halogens is 1. The van der Waals surface area contributed by atoms with Crippen molar-refractivity contribution >= 4 is 22.6 Å². The van der Waals surface area contributed by atoms with E-state index in [-0.39, 0.29) is 6.04 Å². The van der Waals surface area contributed by atoms with Gasteiger partial charge in [0.05, 0.1) is 17.1 Å². The molecule has 0 unspecified atom stereocenters. The van der Waals surface area contributed by atoms with Gasteiger partial charge < -0.3 is 10.3 Å². The molecule has 0 radical (unpaired) electrons. The third-order valence-corrected chi connectivity index (χ3v) is 4.12. The van der Waals surface area contributed by atoms with Gasteiger partial charge in [-0.25, -0.2) is 4.98 Å². The average molecular weight is 314 g/mol. The Hall–Kier alpha value is -1.84. The Morgan fingerprint density at radius 1 is 1.14 bits per heavy atom. The van der Waals surface area contributed by atoms with Crippen molar-refractivity contribution in [2.45, 2.75) is 32.4 Å². The molecule has 0 bridgehead atoms. The maximum atomic E-state index is 6.34. The van der Waals surface area contributed by atoms with Gasteiger partial charge in [-0.3, -0.25) is 0 Å². The molecule has 1 aromatic heterocycles. The molecule has 22 heavy (non-hydrogen) atoms. The van der Waals surface area contributed by atoms with E-state index >= 15 is 0 Å². The second-order valence-electron chi connectivity index (χ2n) is 5.57. The lowest BCUT2D eigenvalue weighted by molar-refractivity contribution is 0.572. The summed E-state index contributed by atoms with van der Waals surface area (Å²) in [5, 5.41) is 0.752. The molecule has 0 saturated carbocycles. The van der Waals surface area contributed by atoms with Crippen molar-refractivity contribution in [2.24, 2.45) is 5.73 Å². The zero-order valence-corrected chi connectivity index (χ0v) is 13.4. The van der Waals surface area contributed by atoms with E-state index in [0.717, 1.165) is 41.3 Å². The monoisotopic (exact) mass is 313 g/mol. The Bertz CT molecular complexity index is 762. The molecular weight excluding hydrogens is 294 g/mol. The van der Waals surface area contributed by atoms with E-state index in [2.05, 4.69) is 17.6 Å². The summed E-state index contributed by atoms with van der Waals surface area (Å²) in [7, 11) is 0. The summed E-state index contributed by atoms with van der Waals surface area (Å²) in [4.78, 5) is 4.76. The number of imidazole rings is 1. The van der Waals surface area contributed by atoms with Gasteiger partial charge in [-0.15, -0.1) is 0 Å². The lowest BCUT2D eigenvalue weighted by atomic mass is 10.1. The van der Waals surface area contributed by atoms with Gasteiger partial charge in [0.2, 0.25) is 0 Å². The normalized spacial score (nSPS) is 12.7. The minimum absolute atomic E-state index is 0.0373. The summed E-state index contributed by atoms with van der Waals surface area (Å²) < 4.78 is 2.22. The largest absolute Gasteiger partial charge is 0.322 e. The predicted octanol–water partition coefficient (Wildman–Crippen LogP) is 4.54. The van der Waals surface area contributed by atoms with Crippen LogP contribution in [0, 0.1) is 0 Å². The molecule has 2 N–H and O–H groups in total. The fourth-order valence-corrected chi connectivity index (χ4v) is 2.88. The fraction of sp³-hybridized carbons (Fsp3) is 0.278. The molecule has 3 rings (SSSR count). The summed E-state index contributed by atoms with van der Waals surface area (Å²) in [6.45, 7) is 2.90. The molecule has 0 aliphatic carbocycles. The standard InChI is InChI=1S/C18H20ClN3/c1-2-5-15(20)18-21-16-6-3-4-7-17(16)22(18)12-13-8-10-14(19)11-9-13/h3-4,6-11,15H,2,5,12,20H2,1H3/t15-/m0/s1. The van der Waals surface area contributed by atoms with Gasteiger partial charge in [-0.2, -0.15) is 0 Å². The molecular formula is C18H20ClN3. The van der Waals surface area contributed by atoms with Crippen molar-refractivity contribution in [3.05, 3.63) is 64.9 Å². The van der Waals surface area contributed by atoms with Gasteiger partial charge >= 0.3 is 0 Å². The highest BCUT2D eigenvalue weighted by molar-refractivity contribution is 6.30. The zero-order valence-electron chi connectivity index (χ0n) is 12.7. The van der Waals surface area contributed by atoms with Crippen LogP contribution >= 0.6 is 11.6 Å². The van der Waals surface area contributed by atoms with Crippen LogP contribution in [0.3, 0.4) is 0 Å². The molecule has 1 heterocycles. The third-order valence-electron chi connectivity index (χ3n) is 3.87. The van der Waals surface area contributed by atoms with E-state index < -0.39 is 0 Å². The smallest absolute Gasteiger partial charge is 0.127 e. The van der Waals surface area contributed by atoms with E-state index in [9.17, 15) is 0 Å². The molecule has 0 spiro atoms. The first-order valence-corrected chi connectivity index (χ1v) is 8.02. The molecule has 4 heteroatoms. The Kier molecular flexibility index (Phi) is 4.46. The Morgan fingerprint density at radius 3 is 2.59 bits per heavy atom. The molecule has 0 aliphatic heterocycles. The number of nitrogens with two attached hydrogens (primary N) is 1. The van der Waals surface area contributed by atoms with Crippen LogP contribution in [0.4, 0.5) is 0 Å². The summed E-state index contributed by atoms with van der Waals surface area (Å²) in [6.07, 6.45) is 1.98. The molecule has 0 saturated heterocycles. The molecule has 2 aromatic carbocycles. The molecule has 3 aromatic rings. The number of hydrogen-bond donors (Lipinski definition) is 1. The van der Waals surface area contributed by atoms with Gasteiger partial charge in [0.15, 0.2) is 0 Å².